The summed E-state index contributed by atoms with van der Waals surface area (Å²) in [5, 5.41) is 6.43. The van der Waals surface area contributed by atoms with Gasteiger partial charge in [-0.25, -0.2) is 8.78 Å². The van der Waals surface area contributed by atoms with E-state index in [9.17, 15) is 31.5 Å². The van der Waals surface area contributed by atoms with Gasteiger partial charge in [0.1, 0.15) is 17.4 Å². The molecule has 0 unspecified atom stereocenters. The summed E-state index contributed by atoms with van der Waals surface area (Å²) in [5.74, 6) is -3.28. The minimum atomic E-state index is -5.03. The van der Waals surface area contributed by atoms with Crippen LogP contribution in [0.4, 0.5) is 27.6 Å². The Balaban J connectivity index is 1.64. The first kappa shape index (κ1) is 21.9. The number of alkyl halides is 3. The van der Waals surface area contributed by atoms with Gasteiger partial charge in [0.05, 0.1) is 24.0 Å². The minimum absolute atomic E-state index is 0.0309. The zero-order chi connectivity index (χ0) is 22.8. The summed E-state index contributed by atoms with van der Waals surface area (Å²) in [5.41, 5.74) is -1.98. The minimum Gasteiger partial charge on any atom is -0.456 e. The van der Waals surface area contributed by atoms with Crippen molar-refractivity contribution in [1.29, 1.82) is 0 Å². The largest absolute Gasteiger partial charge is 0.456 e. The molecule has 2 heterocycles. The van der Waals surface area contributed by atoms with Crippen LogP contribution in [0.1, 0.15) is 34.4 Å². The Hall–Kier alpha value is -3.76. The van der Waals surface area contributed by atoms with Gasteiger partial charge in [0.2, 0.25) is 5.91 Å². The van der Waals surface area contributed by atoms with Gasteiger partial charge >= 0.3 is 6.18 Å². The van der Waals surface area contributed by atoms with Crippen molar-refractivity contribution in [3.05, 3.63) is 77.0 Å². The smallest absolute Gasteiger partial charge is 0.419 e. The fourth-order valence-corrected chi connectivity index (χ4v) is 2.58. The number of carbonyl (C=O) groups is 2. The molecule has 0 bridgehead atoms. The molecular formula is C20H14F5N3O3. The van der Waals surface area contributed by atoms with Gasteiger partial charge < -0.3 is 9.73 Å². The topological polar surface area (TPSA) is 77.1 Å². The number of rotatable bonds is 6. The normalized spacial score (nSPS) is 11.8. The van der Waals surface area contributed by atoms with Crippen molar-refractivity contribution in [3.63, 3.8) is 0 Å². The highest BCUT2D eigenvalue weighted by Gasteiger charge is 2.35. The van der Waals surface area contributed by atoms with Crippen molar-refractivity contribution >= 4 is 23.5 Å². The zero-order valence-electron chi connectivity index (χ0n) is 15.8. The van der Waals surface area contributed by atoms with E-state index >= 15 is 0 Å². The molecule has 0 atom stereocenters. The maximum absolute atomic E-state index is 13.8. The molecule has 0 spiro atoms. The number of ketones is 1. The van der Waals surface area contributed by atoms with Crippen molar-refractivity contribution in [1.82, 2.24) is 9.78 Å². The number of aromatic nitrogens is 2. The first-order valence-electron chi connectivity index (χ1n) is 8.70. The first-order valence-corrected chi connectivity index (χ1v) is 8.70. The highest BCUT2D eigenvalue weighted by atomic mass is 19.4. The zero-order valence-corrected chi connectivity index (χ0v) is 15.8. The van der Waals surface area contributed by atoms with Crippen LogP contribution in [0.3, 0.4) is 0 Å². The number of Topliss-reactive ketones (excluding diaryl/α,β-unsaturated/α-hetero) is 1. The van der Waals surface area contributed by atoms with E-state index in [1.807, 2.05) is 0 Å². The van der Waals surface area contributed by atoms with Crippen LogP contribution in [0.15, 0.2) is 47.2 Å². The number of benzene rings is 1. The van der Waals surface area contributed by atoms with Gasteiger partial charge in [0.15, 0.2) is 11.5 Å². The lowest BCUT2D eigenvalue weighted by Crippen LogP contribution is -2.10. The highest BCUT2D eigenvalue weighted by molar-refractivity contribution is 6.01. The number of hydrogen-bond acceptors (Lipinski definition) is 4. The predicted octanol–water partition coefficient (Wildman–Crippen LogP) is 4.68. The van der Waals surface area contributed by atoms with E-state index in [4.69, 9.17) is 4.42 Å². The molecule has 0 saturated carbocycles. The van der Waals surface area contributed by atoms with Crippen LogP contribution in [0.5, 0.6) is 0 Å². The third-order valence-electron chi connectivity index (χ3n) is 4.03. The SMILES string of the molecule is CC(=O)c1ccc(Cn2cc(NC(=O)/C=C/c3cc(F)c(C(F)(F)F)cc3F)cn2)o1. The molecule has 0 saturated heterocycles. The average molecular weight is 439 g/mol. The Bertz CT molecular complexity index is 1160. The van der Waals surface area contributed by atoms with Crippen LogP contribution in [0, 0.1) is 11.6 Å². The summed E-state index contributed by atoms with van der Waals surface area (Å²) in [6.07, 6.45) is -0.564. The van der Waals surface area contributed by atoms with Crippen molar-refractivity contribution in [2.24, 2.45) is 0 Å². The molecule has 162 valence electrons. The number of nitrogens with one attached hydrogen (secondary N) is 1. The van der Waals surface area contributed by atoms with Gasteiger partial charge in [0.25, 0.3) is 0 Å². The van der Waals surface area contributed by atoms with Crippen LogP contribution in [0.25, 0.3) is 6.08 Å². The summed E-state index contributed by atoms with van der Waals surface area (Å²) >= 11 is 0. The predicted molar refractivity (Wildman–Crippen MR) is 99.1 cm³/mol. The summed E-state index contributed by atoms with van der Waals surface area (Å²) in [4.78, 5) is 23.2. The molecular weight excluding hydrogens is 425 g/mol. The molecule has 1 aromatic carbocycles. The molecule has 2 aromatic heterocycles. The van der Waals surface area contributed by atoms with Crippen LogP contribution < -0.4 is 5.32 Å². The molecule has 0 aliphatic carbocycles. The second-order valence-electron chi connectivity index (χ2n) is 6.42. The molecule has 0 fully saturated rings. The van der Waals surface area contributed by atoms with Crippen molar-refractivity contribution < 1.29 is 36.0 Å². The lowest BCUT2D eigenvalue weighted by Gasteiger charge is -2.09. The number of furan rings is 1. The lowest BCUT2D eigenvalue weighted by atomic mass is 10.1. The molecule has 3 rings (SSSR count). The van der Waals surface area contributed by atoms with Gasteiger partial charge in [-0.1, -0.05) is 0 Å². The summed E-state index contributed by atoms with van der Waals surface area (Å²) in [6, 6.07) is 3.52. The Morgan fingerprint density at radius 1 is 1.19 bits per heavy atom. The summed E-state index contributed by atoms with van der Waals surface area (Å²) in [6.45, 7) is 1.55. The fraction of sp³-hybridized carbons (Fsp3) is 0.150. The number of hydrogen-bond donors (Lipinski definition) is 1. The van der Waals surface area contributed by atoms with Gasteiger partial charge in [-0.2, -0.15) is 18.3 Å². The average Bonchev–Trinajstić information content (AvgIpc) is 3.31. The van der Waals surface area contributed by atoms with E-state index in [1.54, 1.807) is 6.07 Å². The van der Waals surface area contributed by atoms with E-state index in [1.165, 1.54) is 30.1 Å². The monoisotopic (exact) mass is 439 g/mol. The number of anilines is 1. The van der Waals surface area contributed by atoms with Crippen LogP contribution in [-0.4, -0.2) is 21.5 Å². The van der Waals surface area contributed by atoms with Crippen LogP contribution >= 0.6 is 0 Å². The van der Waals surface area contributed by atoms with Crippen molar-refractivity contribution in [3.8, 4) is 0 Å². The van der Waals surface area contributed by atoms with Gasteiger partial charge in [-0.15, -0.1) is 0 Å². The van der Waals surface area contributed by atoms with Crippen LogP contribution in [-0.2, 0) is 17.5 Å². The van der Waals surface area contributed by atoms with E-state index in [0.29, 0.717) is 11.8 Å². The third-order valence-corrected chi connectivity index (χ3v) is 4.03. The molecule has 0 radical (unpaired) electrons. The van der Waals surface area contributed by atoms with Crippen LogP contribution in [0.2, 0.25) is 0 Å². The standard InChI is InChI=1S/C20H14F5N3O3/c1-11(29)18-4-3-14(31-18)10-28-9-13(8-26-28)27-19(30)5-2-12-6-17(22)15(7-16(12)21)20(23,24)25/h2-9H,10H2,1H3,(H,27,30)/b5-2+. The molecule has 11 heteroatoms. The highest BCUT2D eigenvalue weighted by Crippen LogP contribution is 2.32. The Kier molecular flexibility index (Phi) is 6.04. The van der Waals surface area contributed by atoms with Crippen molar-refractivity contribution in [2.75, 3.05) is 5.32 Å². The Labute approximate surface area is 172 Å². The van der Waals surface area contributed by atoms with Gasteiger partial charge in [-0.05, 0) is 30.3 Å². The molecule has 31 heavy (non-hydrogen) atoms. The third kappa shape index (κ3) is 5.44. The van der Waals surface area contributed by atoms with E-state index in [-0.39, 0.29) is 29.8 Å². The summed E-state index contributed by atoms with van der Waals surface area (Å²) < 4.78 is 71.9. The van der Waals surface area contributed by atoms with E-state index in [2.05, 4.69) is 10.4 Å². The van der Waals surface area contributed by atoms with E-state index in [0.717, 1.165) is 12.2 Å². The number of nitrogens with zero attached hydrogens (tertiary/aromatic N) is 2. The molecule has 1 amide bonds. The van der Waals surface area contributed by atoms with Crippen molar-refractivity contribution in [2.45, 2.75) is 19.6 Å². The number of amides is 1. The Morgan fingerprint density at radius 3 is 2.58 bits per heavy atom. The molecule has 6 nitrogen and oxygen atoms in total. The number of carbonyl (C=O) groups excluding carboxylic acids is 2. The Morgan fingerprint density at radius 2 is 1.94 bits per heavy atom. The second-order valence-corrected chi connectivity index (χ2v) is 6.42. The van der Waals surface area contributed by atoms with E-state index < -0.39 is 34.8 Å². The molecule has 1 N–H and O–H groups in total. The maximum atomic E-state index is 13.8. The van der Waals surface area contributed by atoms with Gasteiger partial charge in [-0.3, -0.25) is 14.3 Å². The quantitative estimate of drug-likeness (QED) is 0.344. The lowest BCUT2D eigenvalue weighted by molar-refractivity contribution is -0.140. The fourth-order valence-electron chi connectivity index (χ4n) is 2.58. The molecule has 3 aromatic rings. The summed E-state index contributed by atoms with van der Waals surface area (Å²) in [7, 11) is 0. The molecule has 0 aliphatic heterocycles. The molecule has 0 aliphatic rings. The second kappa shape index (κ2) is 8.54. The van der Waals surface area contributed by atoms with Gasteiger partial charge in [0, 0.05) is 24.8 Å². The first-order chi connectivity index (χ1) is 14.5. The maximum Gasteiger partial charge on any atom is 0.419 e. The number of halogens is 5.